The third-order valence-electron chi connectivity index (χ3n) is 4.11. The van der Waals surface area contributed by atoms with Gasteiger partial charge in [0.2, 0.25) is 0 Å². The molecule has 0 bridgehead atoms. The molecule has 0 aliphatic heterocycles. The van der Waals surface area contributed by atoms with Crippen molar-refractivity contribution in [2.24, 2.45) is 5.73 Å². The molecule has 0 fully saturated rings. The van der Waals surface area contributed by atoms with Crippen LogP contribution in [0.4, 0.5) is 0 Å². The number of aliphatic hydroxyl groups excluding tert-OH is 1. The predicted molar refractivity (Wildman–Crippen MR) is 103 cm³/mol. The van der Waals surface area contributed by atoms with Gasteiger partial charge < -0.3 is 21.5 Å². The molecule has 0 aliphatic carbocycles. The number of hydrogen-bond acceptors (Lipinski definition) is 5. The number of amidine groups is 1. The highest BCUT2D eigenvalue weighted by molar-refractivity contribution is 5.94. The smallest absolute Gasteiger partial charge is 0.165 e. The van der Waals surface area contributed by atoms with Crippen LogP contribution < -0.4 is 16.4 Å². The van der Waals surface area contributed by atoms with Gasteiger partial charge in [0.1, 0.15) is 5.84 Å². The summed E-state index contributed by atoms with van der Waals surface area (Å²) in [5.74, 6) is -0.0343. The summed E-state index contributed by atoms with van der Waals surface area (Å²) in [6.07, 6.45) is 0.806. The molecule has 0 radical (unpaired) electrons. The van der Waals surface area contributed by atoms with Crippen LogP contribution in [0.3, 0.4) is 0 Å². The van der Waals surface area contributed by atoms with Crippen molar-refractivity contribution < 1.29 is 9.90 Å². The van der Waals surface area contributed by atoms with Crippen molar-refractivity contribution in [1.82, 2.24) is 10.6 Å². The molecule has 2 rings (SSSR count). The number of hydrogen-bond donors (Lipinski definition) is 5. The maximum atomic E-state index is 12.2. The van der Waals surface area contributed by atoms with Crippen molar-refractivity contribution in [3.63, 3.8) is 0 Å². The minimum absolute atomic E-state index is 0.0343. The normalized spacial score (nSPS) is 11.9. The Hall–Kier alpha value is -2.54. The fourth-order valence-corrected chi connectivity index (χ4v) is 2.57. The number of Topliss-reactive ketones (excluding diaryl/α,β-unsaturated/α-hetero) is 1. The molecule has 0 unspecified atom stereocenters. The van der Waals surface area contributed by atoms with Gasteiger partial charge in [0.25, 0.3) is 0 Å². The molecule has 2 aromatic carbocycles. The van der Waals surface area contributed by atoms with Crippen molar-refractivity contribution in [1.29, 1.82) is 5.41 Å². The quantitative estimate of drug-likeness (QED) is 0.303. The van der Waals surface area contributed by atoms with Gasteiger partial charge in [-0.15, -0.1) is 0 Å². The number of rotatable bonds is 11. The van der Waals surface area contributed by atoms with Gasteiger partial charge in [-0.1, -0.05) is 54.6 Å². The molecule has 138 valence electrons. The van der Waals surface area contributed by atoms with Gasteiger partial charge in [0, 0.05) is 12.1 Å². The lowest BCUT2D eigenvalue weighted by Crippen LogP contribution is -2.44. The minimum Gasteiger partial charge on any atom is -0.394 e. The Bertz CT molecular complexity index is 702. The molecule has 0 saturated heterocycles. The van der Waals surface area contributed by atoms with Crippen LogP contribution in [0, 0.1) is 5.41 Å². The first-order valence-electron chi connectivity index (χ1n) is 8.65. The molecule has 0 saturated carbocycles. The summed E-state index contributed by atoms with van der Waals surface area (Å²) >= 11 is 0. The summed E-state index contributed by atoms with van der Waals surface area (Å²) in [6, 6.07) is 16.8. The Morgan fingerprint density at radius 3 is 2.38 bits per heavy atom. The second-order valence-electron chi connectivity index (χ2n) is 6.11. The molecule has 0 aliphatic rings. The predicted octanol–water partition coefficient (Wildman–Crippen LogP) is 0.823. The van der Waals surface area contributed by atoms with Crippen LogP contribution >= 0.6 is 0 Å². The summed E-state index contributed by atoms with van der Waals surface area (Å²) < 4.78 is 0. The number of benzene rings is 2. The van der Waals surface area contributed by atoms with E-state index in [1.165, 1.54) is 5.56 Å². The molecule has 0 spiro atoms. The zero-order valence-electron chi connectivity index (χ0n) is 14.7. The Morgan fingerprint density at radius 1 is 1.08 bits per heavy atom. The van der Waals surface area contributed by atoms with Gasteiger partial charge in [-0.3, -0.25) is 10.2 Å². The third kappa shape index (κ3) is 6.40. The van der Waals surface area contributed by atoms with Gasteiger partial charge >= 0.3 is 0 Å². The molecular weight excluding hydrogens is 328 g/mol. The summed E-state index contributed by atoms with van der Waals surface area (Å²) in [5.41, 5.74) is 8.29. The topological polar surface area (TPSA) is 111 Å². The number of aliphatic hydroxyl groups is 1. The largest absolute Gasteiger partial charge is 0.394 e. The van der Waals surface area contributed by atoms with E-state index < -0.39 is 6.04 Å². The molecule has 0 amide bonds. The maximum absolute atomic E-state index is 12.2. The van der Waals surface area contributed by atoms with Gasteiger partial charge in [-0.2, -0.15) is 0 Å². The Labute approximate surface area is 153 Å². The summed E-state index contributed by atoms with van der Waals surface area (Å²) in [4.78, 5) is 12.2. The maximum Gasteiger partial charge on any atom is 0.165 e. The first kappa shape index (κ1) is 19.8. The van der Waals surface area contributed by atoms with Gasteiger partial charge in [0.15, 0.2) is 5.78 Å². The summed E-state index contributed by atoms with van der Waals surface area (Å²) in [6.45, 7) is 1.13. The summed E-state index contributed by atoms with van der Waals surface area (Å²) in [7, 11) is 0. The van der Waals surface area contributed by atoms with E-state index in [0.29, 0.717) is 18.7 Å². The number of carbonyl (C=O) groups is 1. The number of ketones is 1. The van der Waals surface area contributed by atoms with E-state index in [9.17, 15) is 9.90 Å². The van der Waals surface area contributed by atoms with E-state index in [1.54, 1.807) is 12.1 Å². The fourth-order valence-electron chi connectivity index (χ4n) is 2.57. The van der Waals surface area contributed by atoms with Crippen molar-refractivity contribution >= 4 is 11.6 Å². The van der Waals surface area contributed by atoms with Crippen molar-refractivity contribution in [2.45, 2.75) is 19.0 Å². The highest BCUT2D eigenvalue weighted by Gasteiger charge is 2.16. The second kappa shape index (κ2) is 10.5. The molecule has 1 atom stereocenters. The third-order valence-corrected chi connectivity index (χ3v) is 4.11. The Kier molecular flexibility index (Phi) is 7.95. The Morgan fingerprint density at radius 2 is 1.77 bits per heavy atom. The van der Waals surface area contributed by atoms with Crippen molar-refractivity contribution in [3.8, 4) is 0 Å². The van der Waals surface area contributed by atoms with Crippen LogP contribution in [0.1, 0.15) is 16.7 Å². The Balaban J connectivity index is 1.71. The van der Waals surface area contributed by atoms with E-state index in [-0.39, 0.29) is 24.8 Å². The van der Waals surface area contributed by atoms with Gasteiger partial charge in [-0.05, 0) is 24.1 Å². The van der Waals surface area contributed by atoms with Gasteiger partial charge in [0.05, 0.1) is 19.2 Å². The van der Waals surface area contributed by atoms with Crippen LogP contribution in [0.25, 0.3) is 0 Å². The molecule has 26 heavy (non-hydrogen) atoms. The zero-order chi connectivity index (χ0) is 18.8. The number of carbonyl (C=O) groups excluding carboxylic acids is 1. The fraction of sp³-hybridized carbons (Fsp3) is 0.300. The first-order chi connectivity index (χ1) is 12.6. The average Bonchev–Trinajstić information content (AvgIpc) is 2.66. The van der Waals surface area contributed by atoms with Crippen molar-refractivity contribution in [2.75, 3.05) is 19.7 Å². The lowest BCUT2D eigenvalue weighted by Gasteiger charge is -2.15. The molecule has 0 aromatic heterocycles. The molecule has 0 heterocycles. The number of nitrogens with one attached hydrogen (secondary N) is 3. The van der Waals surface area contributed by atoms with E-state index in [2.05, 4.69) is 10.6 Å². The standard InChI is InChI=1S/C20H26N4O2/c21-20(22)17-8-6-16(7-9-17)12-23-13-19(26)18(14-25)24-11-10-15-4-2-1-3-5-15/h1-9,18,23-25H,10-14H2,(H3,21,22)/t18-/m1/s1. The van der Waals surface area contributed by atoms with E-state index in [4.69, 9.17) is 11.1 Å². The lowest BCUT2D eigenvalue weighted by molar-refractivity contribution is -0.121. The van der Waals surface area contributed by atoms with Crippen LogP contribution in [-0.4, -0.2) is 42.5 Å². The molecular formula is C20H26N4O2. The van der Waals surface area contributed by atoms with E-state index in [0.717, 1.165) is 12.0 Å². The number of nitrogen functional groups attached to an aromatic ring is 1. The summed E-state index contributed by atoms with van der Waals surface area (Å²) in [5, 5.41) is 23.0. The molecule has 6 nitrogen and oxygen atoms in total. The van der Waals surface area contributed by atoms with Crippen LogP contribution in [0.15, 0.2) is 54.6 Å². The van der Waals surface area contributed by atoms with Crippen LogP contribution in [-0.2, 0) is 17.8 Å². The van der Waals surface area contributed by atoms with Crippen molar-refractivity contribution in [3.05, 3.63) is 71.3 Å². The SMILES string of the molecule is N=C(N)c1ccc(CNCC(=O)[C@@H](CO)NCCc2ccccc2)cc1. The minimum atomic E-state index is -0.564. The molecule has 6 heteroatoms. The molecule has 2 aromatic rings. The highest BCUT2D eigenvalue weighted by atomic mass is 16.3. The monoisotopic (exact) mass is 354 g/mol. The van der Waals surface area contributed by atoms with E-state index in [1.807, 2.05) is 42.5 Å². The van der Waals surface area contributed by atoms with Crippen LogP contribution in [0.5, 0.6) is 0 Å². The van der Waals surface area contributed by atoms with E-state index >= 15 is 0 Å². The highest BCUT2D eigenvalue weighted by Crippen LogP contribution is 2.03. The van der Waals surface area contributed by atoms with Crippen LogP contribution in [0.2, 0.25) is 0 Å². The lowest BCUT2D eigenvalue weighted by atomic mass is 10.1. The number of nitrogens with two attached hydrogens (primary N) is 1. The zero-order valence-corrected chi connectivity index (χ0v) is 14.7. The average molecular weight is 354 g/mol. The molecule has 6 N–H and O–H groups in total. The second-order valence-corrected chi connectivity index (χ2v) is 6.11. The van der Waals surface area contributed by atoms with Gasteiger partial charge in [-0.25, -0.2) is 0 Å². The first-order valence-corrected chi connectivity index (χ1v) is 8.65.